The summed E-state index contributed by atoms with van der Waals surface area (Å²) in [5.74, 6) is 0. The second-order valence-electron chi connectivity index (χ2n) is 2.45. The number of aliphatic hydroxyl groups is 1. The van der Waals surface area contributed by atoms with E-state index in [-0.39, 0.29) is 12.3 Å². The first-order valence-corrected chi connectivity index (χ1v) is 3.29. The van der Waals surface area contributed by atoms with Crippen LogP contribution in [0.4, 0.5) is 0 Å². The molecule has 2 N–H and O–H groups in total. The van der Waals surface area contributed by atoms with Gasteiger partial charge in [0.15, 0.2) is 6.19 Å². The van der Waals surface area contributed by atoms with Crippen LogP contribution in [0.1, 0.15) is 6.42 Å². The van der Waals surface area contributed by atoms with Gasteiger partial charge >= 0.3 is 0 Å². The number of hydrogen-bond acceptors (Lipinski definition) is 4. The van der Waals surface area contributed by atoms with Crippen LogP contribution in [0.25, 0.3) is 0 Å². The Balaban J connectivity index is 2.51. The zero-order valence-corrected chi connectivity index (χ0v) is 5.91. The van der Waals surface area contributed by atoms with Crippen molar-refractivity contribution in [3.8, 4) is 6.19 Å². The first-order chi connectivity index (χ1) is 4.77. The number of nitrogens with zero attached hydrogens (tertiary/aromatic N) is 2. The van der Waals surface area contributed by atoms with Gasteiger partial charge in [0.05, 0.1) is 18.8 Å². The van der Waals surface area contributed by atoms with Crippen molar-refractivity contribution in [2.24, 2.45) is 0 Å². The molecule has 10 heavy (non-hydrogen) atoms. The highest BCUT2D eigenvalue weighted by Crippen LogP contribution is 2.13. The van der Waals surface area contributed by atoms with E-state index < -0.39 is 0 Å². The molecule has 2 atom stereocenters. The van der Waals surface area contributed by atoms with Crippen molar-refractivity contribution in [3.63, 3.8) is 0 Å². The van der Waals surface area contributed by atoms with Gasteiger partial charge < -0.3 is 5.11 Å². The molecular formula is C6H11N3O. The van der Waals surface area contributed by atoms with E-state index in [0.717, 1.165) is 0 Å². The Labute approximate surface area is 60.1 Å². The number of β-amino-alcohol motifs (C(OH)–C–C–N with tert-alkyl or cyclic N) is 1. The normalized spacial score (nSPS) is 32.3. The third-order valence-corrected chi connectivity index (χ3v) is 1.74. The molecular weight excluding hydrogens is 130 g/mol. The maximum absolute atomic E-state index is 9.10. The van der Waals surface area contributed by atoms with E-state index >= 15 is 0 Å². The molecule has 4 heteroatoms. The number of aliphatic hydroxyl groups excluding tert-OH is 1. The van der Waals surface area contributed by atoms with Crippen LogP contribution in [0.2, 0.25) is 0 Å². The highest BCUT2D eigenvalue weighted by atomic mass is 16.3. The molecule has 0 aromatic carbocycles. The highest BCUT2D eigenvalue weighted by Gasteiger charge is 2.28. The van der Waals surface area contributed by atoms with Crippen LogP contribution in [0.5, 0.6) is 0 Å². The summed E-state index contributed by atoms with van der Waals surface area (Å²) < 4.78 is 0. The lowest BCUT2D eigenvalue weighted by Crippen LogP contribution is -2.35. The van der Waals surface area contributed by atoms with E-state index in [1.54, 1.807) is 11.9 Å². The Morgan fingerprint density at radius 2 is 2.50 bits per heavy atom. The number of nitriles is 1. The summed E-state index contributed by atoms with van der Waals surface area (Å²) in [5.41, 5.74) is 0. The number of likely N-dealkylation sites (tertiary alicyclic amines) is 1. The second-order valence-corrected chi connectivity index (χ2v) is 2.45. The maximum Gasteiger partial charge on any atom is 0.180 e. The fourth-order valence-electron chi connectivity index (χ4n) is 1.20. The molecule has 1 unspecified atom stereocenters. The monoisotopic (exact) mass is 141 g/mol. The van der Waals surface area contributed by atoms with Crippen molar-refractivity contribution in [2.75, 3.05) is 13.6 Å². The third-order valence-electron chi connectivity index (χ3n) is 1.74. The molecule has 0 bridgehead atoms. The van der Waals surface area contributed by atoms with Crippen LogP contribution in [-0.4, -0.2) is 35.9 Å². The summed E-state index contributed by atoms with van der Waals surface area (Å²) in [6.45, 7) is 0.460. The summed E-state index contributed by atoms with van der Waals surface area (Å²) in [6.07, 6.45) is 2.33. The average Bonchev–Trinajstić information content (AvgIpc) is 2.30. The molecule has 1 heterocycles. The summed E-state index contributed by atoms with van der Waals surface area (Å²) in [4.78, 5) is 1.55. The third kappa shape index (κ3) is 1.20. The van der Waals surface area contributed by atoms with Gasteiger partial charge in [-0.15, -0.1) is 0 Å². The van der Waals surface area contributed by atoms with Gasteiger partial charge in [-0.3, -0.25) is 10.2 Å². The van der Waals surface area contributed by atoms with Gasteiger partial charge in [0.2, 0.25) is 0 Å². The van der Waals surface area contributed by atoms with E-state index in [0.29, 0.717) is 13.0 Å². The Morgan fingerprint density at radius 3 is 2.90 bits per heavy atom. The van der Waals surface area contributed by atoms with Crippen LogP contribution in [0, 0.1) is 11.5 Å². The van der Waals surface area contributed by atoms with Gasteiger partial charge in [0, 0.05) is 6.42 Å². The lowest BCUT2D eigenvalue weighted by Gasteiger charge is -2.15. The minimum Gasteiger partial charge on any atom is -0.391 e. The van der Waals surface area contributed by atoms with Crippen molar-refractivity contribution in [2.45, 2.75) is 18.7 Å². The first kappa shape index (κ1) is 7.32. The predicted molar refractivity (Wildman–Crippen MR) is 35.8 cm³/mol. The Morgan fingerprint density at radius 1 is 1.80 bits per heavy atom. The molecule has 0 amide bonds. The number of nitrogens with one attached hydrogen (secondary N) is 1. The second kappa shape index (κ2) is 2.86. The van der Waals surface area contributed by atoms with Crippen molar-refractivity contribution in [1.29, 1.82) is 5.26 Å². The van der Waals surface area contributed by atoms with Gasteiger partial charge in [0.25, 0.3) is 0 Å². The summed E-state index contributed by atoms with van der Waals surface area (Å²) in [7, 11) is 1.78. The molecule has 1 aliphatic rings. The van der Waals surface area contributed by atoms with E-state index in [9.17, 15) is 0 Å². The first-order valence-electron chi connectivity index (χ1n) is 3.29. The largest absolute Gasteiger partial charge is 0.391 e. The zero-order chi connectivity index (χ0) is 7.56. The van der Waals surface area contributed by atoms with Gasteiger partial charge in [-0.05, 0) is 7.05 Å². The summed E-state index contributed by atoms with van der Waals surface area (Å²) in [5, 5.41) is 20.5. The molecule has 1 aliphatic heterocycles. The molecule has 0 aliphatic carbocycles. The average molecular weight is 141 g/mol. The highest BCUT2D eigenvalue weighted by molar-refractivity contribution is 4.90. The smallest absolute Gasteiger partial charge is 0.180 e. The van der Waals surface area contributed by atoms with Crippen molar-refractivity contribution in [1.82, 2.24) is 10.2 Å². The SMILES string of the molecule is CNC1C[C@@H](O)CN1C#N. The van der Waals surface area contributed by atoms with Crippen LogP contribution < -0.4 is 5.32 Å². The predicted octanol–water partition coefficient (Wildman–Crippen LogP) is -0.920. The summed E-state index contributed by atoms with van der Waals surface area (Å²) in [6, 6.07) is 0. The van der Waals surface area contributed by atoms with Gasteiger partial charge in [0.1, 0.15) is 0 Å². The Hall–Kier alpha value is -0.790. The van der Waals surface area contributed by atoms with Gasteiger partial charge in [-0.25, -0.2) is 0 Å². The molecule has 0 aromatic rings. The lowest BCUT2D eigenvalue weighted by atomic mass is 10.3. The van der Waals surface area contributed by atoms with Crippen molar-refractivity contribution >= 4 is 0 Å². The molecule has 0 radical (unpaired) electrons. The summed E-state index contributed by atoms with van der Waals surface area (Å²) >= 11 is 0. The molecule has 1 rings (SSSR count). The molecule has 0 saturated carbocycles. The van der Waals surface area contributed by atoms with Crippen molar-refractivity contribution < 1.29 is 5.11 Å². The topological polar surface area (TPSA) is 59.3 Å². The quantitative estimate of drug-likeness (QED) is 0.464. The Kier molecular flexibility index (Phi) is 2.10. The van der Waals surface area contributed by atoms with E-state index in [4.69, 9.17) is 10.4 Å². The molecule has 1 fully saturated rings. The fourth-order valence-corrected chi connectivity index (χ4v) is 1.20. The van der Waals surface area contributed by atoms with Crippen LogP contribution in [0.15, 0.2) is 0 Å². The van der Waals surface area contributed by atoms with E-state index in [1.165, 1.54) is 0 Å². The maximum atomic E-state index is 9.10. The van der Waals surface area contributed by atoms with Crippen LogP contribution in [-0.2, 0) is 0 Å². The fraction of sp³-hybridized carbons (Fsp3) is 0.833. The standard InChI is InChI=1S/C6H11N3O/c1-8-6-2-5(10)3-9(6)4-7/h5-6,8,10H,2-3H2,1H3/t5-,6?/m1/s1. The molecule has 0 aromatic heterocycles. The van der Waals surface area contributed by atoms with E-state index in [1.807, 2.05) is 6.19 Å². The molecule has 4 nitrogen and oxygen atoms in total. The number of hydrogen-bond donors (Lipinski definition) is 2. The zero-order valence-electron chi connectivity index (χ0n) is 5.91. The molecule has 0 spiro atoms. The Bertz CT molecular complexity index is 154. The van der Waals surface area contributed by atoms with Crippen LogP contribution in [0.3, 0.4) is 0 Å². The van der Waals surface area contributed by atoms with Crippen LogP contribution >= 0.6 is 0 Å². The molecule has 1 saturated heterocycles. The van der Waals surface area contributed by atoms with Gasteiger partial charge in [-0.1, -0.05) is 0 Å². The lowest BCUT2D eigenvalue weighted by molar-refractivity contribution is 0.186. The van der Waals surface area contributed by atoms with Gasteiger partial charge in [-0.2, -0.15) is 5.26 Å². The van der Waals surface area contributed by atoms with Crippen molar-refractivity contribution in [3.05, 3.63) is 0 Å². The molecule has 56 valence electrons. The minimum atomic E-state index is -0.350. The van der Waals surface area contributed by atoms with E-state index in [2.05, 4.69) is 5.32 Å². The number of rotatable bonds is 1. The minimum absolute atomic E-state index is 0.0278.